The molecule has 4 aliphatic rings. The minimum Gasteiger partial charge on any atom is -0.463 e. The van der Waals surface area contributed by atoms with Crippen LogP contribution in [0, 0.1) is 23.7 Å². The van der Waals surface area contributed by atoms with Gasteiger partial charge >= 0.3 is 6.01 Å². The molecule has 234 valence electrons. The average Bonchev–Trinajstić information content (AvgIpc) is 3.80. The van der Waals surface area contributed by atoms with E-state index in [2.05, 4.69) is 70.7 Å². The molecule has 4 heterocycles. The summed E-state index contributed by atoms with van der Waals surface area (Å²) in [6.45, 7) is 11.9. The molecule has 0 spiro atoms. The van der Waals surface area contributed by atoms with Crippen LogP contribution in [0.1, 0.15) is 42.5 Å². The number of piperazine rings is 1. The zero-order valence-corrected chi connectivity index (χ0v) is 26.0. The molecule has 1 atom stereocenters. The van der Waals surface area contributed by atoms with Crippen molar-refractivity contribution >= 4 is 28.2 Å². The standard InChI is InChI=1S/C35H40FN7O2/c1-24-6-3-7-26-8-4-9-30(31(24)26)41-17-11-28-29(21-41)38-34(45-23-35(12-13-35)22-40-15-5-16-40)39-32(28)42-18-19-43(33(44)25(2)36)27(20-42)10-14-37/h3-4,6-9,27H,2,5,10-13,15-23H2,1H3/t27-/m0/s1. The second kappa shape index (κ2) is 11.9. The molecule has 10 heteroatoms. The summed E-state index contributed by atoms with van der Waals surface area (Å²) < 4.78 is 20.3. The second-order valence-corrected chi connectivity index (χ2v) is 13.2. The van der Waals surface area contributed by atoms with Crippen molar-refractivity contribution in [1.29, 1.82) is 5.26 Å². The molecular formula is C35H40FN7O2. The predicted octanol–water partition coefficient (Wildman–Crippen LogP) is 4.78. The molecule has 1 aromatic heterocycles. The van der Waals surface area contributed by atoms with E-state index in [4.69, 9.17) is 14.7 Å². The first-order valence-corrected chi connectivity index (χ1v) is 16.1. The van der Waals surface area contributed by atoms with E-state index in [-0.39, 0.29) is 18.4 Å². The Morgan fingerprint density at radius 3 is 2.62 bits per heavy atom. The summed E-state index contributed by atoms with van der Waals surface area (Å²) in [6.07, 6.45) is 4.42. The third kappa shape index (κ3) is 5.82. The number of aromatic nitrogens is 2. The lowest BCUT2D eigenvalue weighted by Crippen LogP contribution is -2.55. The summed E-state index contributed by atoms with van der Waals surface area (Å²) in [5.74, 6) is -0.954. The van der Waals surface area contributed by atoms with Gasteiger partial charge in [0.05, 0.1) is 37.4 Å². The number of aryl methyl sites for hydroxylation is 1. The first kappa shape index (κ1) is 29.5. The van der Waals surface area contributed by atoms with Crippen LogP contribution < -0.4 is 14.5 Å². The third-order valence-electron chi connectivity index (χ3n) is 10.0. The number of hydrogen-bond donors (Lipinski definition) is 0. The van der Waals surface area contributed by atoms with Crippen molar-refractivity contribution in [2.45, 2.75) is 51.6 Å². The molecule has 1 amide bonds. The van der Waals surface area contributed by atoms with Crippen molar-refractivity contribution in [3.8, 4) is 12.1 Å². The molecule has 2 aromatic carbocycles. The Hall–Kier alpha value is -4.23. The largest absolute Gasteiger partial charge is 0.463 e. The number of nitriles is 1. The highest BCUT2D eigenvalue weighted by Gasteiger charge is 2.46. The van der Waals surface area contributed by atoms with Gasteiger partial charge in [-0.25, -0.2) is 4.39 Å². The van der Waals surface area contributed by atoms with Crippen LogP contribution in [-0.4, -0.2) is 84.1 Å². The Bertz CT molecular complexity index is 1670. The Morgan fingerprint density at radius 2 is 1.91 bits per heavy atom. The minimum absolute atomic E-state index is 0.0966. The van der Waals surface area contributed by atoms with E-state index in [1.54, 1.807) is 0 Å². The summed E-state index contributed by atoms with van der Waals surface area (Å²) in [4.78, 5) is 31.0. The number of benzene rings is 2. The highest BCUT2D eigenvalue weighted by Crippen LogP contribution is 2.47. The van der Waals surface area contributed by atoms with Crippen molar-refractivity contribution in [3.63, 3.8) is 0 Å². The summed E-state index contributed by atoms with van der Waals surface area (Å²) in [5, 5.41) is 12.0. The van der Waals surface area contributed by atoms with Crippen LogP contribution in [0.15, 0.2) is 48.8 Å². The van der Waals surface area contributed by atoms with Crippen LogP contribution in [0.3, 0.4) is 0 Å². The lowest BCUT2D eigenvalue weighted by atomic mass is 9.99. The summed E-state index contributed by atoms with van der Waals surface area (Å²) >= 11 is 0. The Labute approximate surface area is 263 Å². The van der Waals surface area contributed by atoms with Gasteiger partial charge in [-0.1, -0.05) is 36.9 Å². The number of rotatable bonds is 9. The normalized spacial score (nSPS) is 20.7. The van der Waals surface area contributed by atoms with Crippen LogP contribution in [0.4, 0.5) is 15.9 Å². The first-order valence-electron chi connectivity index (χ1n) is 16.1. The van der Waals surface area contributed by atoms with Crippen LogP contribution in [0.5, 0.6) is 6.01 Å². The molecular weight excluding hydrogens is 569 g/mol. The first-order chi connectivity index (χ1) is 21.8. The topological polar surface area (TPSA) is 88.8 Å². The van der Waals surface area contributed by atoms with Crippen LogP contribution in [-0.2, 0) is 17.8 Å². The lowest BCUT2D eigenvalue weighted by Gasteiger charge is -2.42. The molecule has 0 radical (unpaired) electrons. The van der Waals surface area contributed by atoms with E-state index >= 15 is 0 Å². The fourth-order valence-electron chi connectivity index (χ4n) is 7.20. The number of carbonyl (C=O) groups excluding carboxylic acids is 1. The number of amides is 1. The molecule has 3 fully saturated rings. The molecule has 9 nitrogen and oxygen atoms in total. The number of nitrogens with zero attached hydrogens (tertiary/aromatic N) is 7. The molecule has 3 aromatic rings. The molecule has 0 N–H and O–H groups in total. The fourth-order valence-corrected chi connectivity index (χ4v) is 7.20. The van der Waals surface area contributed by atoms with Crippen molar-refractivity contribution in [3.05, 3.63) is 65.6 Å². The molecule has 1 aliphatic carbocycles. The summed E-state index contributed by atoms with van der Waals surface area (Å²) in [7, 11) is 0. The van der Waals surface area contributed by atoms with Gasteiger partial charge in [0.15, 0.2) is 5.83 Å². The second-order valence-electron chi connectivity index (χ2n) is 13.2. The van der Waals surface area contributed by atoms with Gasteiger partial charge in [0.1, 0.15) is 5.82 Å². The van der Waals surface area contributed by atoms with E-state index in [9.17, 15) is 14.4 Å². The Balaban J connectivity index is 1.20. The SMILES string of the molecule is C=C(F)C(=O)N1CCN(c2nc(OCC3(CN4CCC4)CC3)nc3c2CCN(c2cccc4cccc(C)c24)C3)C[C@@H]1CC#N. The quantitative estimate of drug-likeness (QED) is 0.321. The maximum absolute atomic E-state index is 13.9. The van der Waals surface area contributed by atoms with Crippen LogP contribution in [0.2, 0.25) is 0 Å². The van der Waals surface area contributed by atoms with Gasteiger partial charge in [-0.3, -0.25) is 4.79 Å². The number of anilines is 2. The number of fused-ring (bicyclic) bond motifs is 2. The average molecular weight is 610 g/mol. The van der Waals surface area contributed by atoms with Gasteiger partial charge in [0.2, 0.25) is 0 Å². The molecule has 7 rings (SSSR count). The van der Waals surface area contributed by atoms with Crippen molar-refractivity contribution in [2.24, 2.45) is 5.41 Å². The maximum atomic E-state index is 13.9. The maximum Gasteiger partial charge on any atom is 0.318 e. The van der Waals surface area contributed by atoms with E-state index in [0.29, 0.717) is 32.3 Å². The lowest BCUT2D eigenvalue weighted by molar-refractivity contribution is -0.131. The van der Waals surface area contributed by atoms with Crippen molar-refractivity contribution in [2.75, 3.05) is 62.2 Å². The van der Waals surface area contributed by atoms with E-state index in [0.717, 1.165) is 49.4 Å². The molecule has 0 bridgehead atoms. The highest BCUT2D eigenvalue weighted by atomic mass is 19.1. The summed E-state index contributed by atoms with van der Waals surface area (Å²) in [6, 6.07) is 15.0. The third-order valence-corrected chi connectivity index (χ3v) is 10.0. The molecule has 2 saturated heterocycles. The van der Waals surface area contributed by atoms with Gasteiger partial charge in [0, 0.05) is 54.8 Å². The Morgan fingerprint density at radius 1 is 1.11 bits per heavy atom. The van der Waals surface area contributed by atoms with Gasteiger partial charge in [-0.2, -0.15) is 15.2 Å². The van der Waals surface area contributed by atoms with E-state index < -0.39 is 17.8 Å². The zero-order valence-electron chi connectivity index (χ0n) is 26.0. The predicted molar refractivity (Wildman–Crippen MR) is 172 cm³/mol. The number of carbonyl (C=O) groups is 1. The smallest absolute Gasteiger partial charge is 0.318 e. The van der Waals surface area contributed by atoms with E-state index in [1.807, 2.05) is 0 Å². The fraction of sp³-hybridized carbons (Fsp3) is 0.486. The number of hydrogen-bond acceptors (Lipinski definition) is 8. The van der Waals surface area contributed by atoms with Gasteiger partial charge in [0.25, 0.3) is 5.91 Å². The van der Waals surface area contributed by atoms with Crippen LogP contribution >= 0.6 is 0 Å². The van der Waals surface area contributed by atoms with Gasteiger partial charge < -0.3 is 24.3 Å². The number of halogens is 1. The Kier molecular flexibility index (Phi) is 7.82. The van der Waals surface area contributed by atoms with Gasteiger partial charge in [-0.15, -0.1) is 0 Å². The van der Waals surface area contributed by atoms with E-state index in [1.165, 1.54) is 46.4 Å². The van der Waals surface area contributed by atoms with Crippen molar-refractivity contribution < 1.29 is 13.9 Å². The number of likely N-dealkylation sites (tertiary alicyclic amines) is 1. The minimum atomic E-state index is -1.00. The zero-order chi connectivity index (χ0) is 31.1. The van der Waals surface area contributed by atoms with Crippen molar-refractivity contribution in [1.82, 2.24) is 19.8 Å². The molecule has 0 unspecified atom stereocenters. The summed E-state index contributed by atoms with van der Waals surface area (Å²) in [5.41, 5.74) is 4.61. The molecule has 3 aliphatic heterocycles. The monoisotopic (exact) mass is 609 g/mol. The molecule has 45 heavy (non-hydrogen) atoms. The number of ether oxygens (including phenoxy) is 1. The van der Waals surface area contributed by atoms with Gasteiger partial charge in [-0.05, 0) is 62.7 Å². The van der Waals surface area contributed by atoms with Crippen LogP contribution in [0.25, 0.3) is 10.8 Å². The highest BCUT2D eigenvalue weighted by molar-refractivity contribution is 5.97. The molecule has 1 saturated carbocycles.